The fourth-order valence-electron chi connectivity index (χ4n) is 3.88. The summed E-state index contributed by atoms with van der Waals surface area (Å²) in [5, 5.41) is 4.29. The summed E-state index contributed by atoms with van der Waals surface area (Å²) in [6, 6.07) is 0.545. The lowest BCUT2D eigenvalue weighted by Crippen LogP contribution is -2.50. The molecule has 0 unspecified atom stereocenters. The van der Waals surface area contributed by atoms with Gasteiger partial charge in [-0.15, -0.1) is 0 Å². The van der Waals surface area contributed by atoms with E-state index in [9.17, 15) is 0 Å². The highest BCUT2D eigenvalue weighted by Gasteiger charge is 2.40. The van der Waals surface area contributed by atoms with Gasteiger partial charge in [-0.05, 0) is 5.92 Å². The van der Waals surface area contributed by atoms with Crippen LogP contribution >= 0.6 is 0 Å². The Bertz CT molecular complexity index is 471. The Balaban J connectivity index is 1.60. The summed E-state index contributed by atoms with van der Waals surface area (Å²) in [6.45, 7) is 11.0. The minimum Gasteiger partial charge on any atom is -0.374 e. The Morgan fingerprint density at radius 3 is 2.82 bits per heavy atom. The molecule has 2 fully saturated rings. The van der Waals surface area contributed by atoms with E-state index in [2.05, 4.69) is 34.9 Å². The Labute approximate surface area is 134 Å². The number of hydrogen-bond donors (Lipinski definition) is 0. The first kappa shape index (κ1) is 16.0. The molecule has 0 spiro atoms. The number of likely N-dealkylation sites (tertiary alicyclic amines) is 1. The Morgan fingerprint density at radius 1 is 1.32 bits per heavy atom. The Morgan fingerprint density at radius 2 is 2.14 bits per heavy atom. The van der Waals surface area contributed by atoms with E-state index in [1.54, 1.807) is 0 Å². The van der Waals surface area contributed by atoms with Gasteiger partial charge in [0.1, 0.15) is 0 Å². The molecule has 0 saturated carbocycles. The largest absolute Gasteiger partial charge is 0.374 e. The molecule has 124 valence electrons. The molecule has 2 saturated heterocycles. The predicted molar refractivity (Wildman–Crippen MR) is 87.7 cm³/mol. The van der Waals surface area contributed by atoms with E-state index in [0.717, 1.165) is 38.7 Å². The van der Waals surface area contributed by atoms with Crippen molar-refractivity contribution in [2.45, 2.75) is 45.4 Å². The number of aryl methyl sites for hydroxylation is 1. The van der Waals surface area contributed by atoms with Crippen LogP contribution in [-0.4, -0.2) is 64.5 Å². The van der Waals surface area contributed by atoms with Gasteiger partial charge in [-0.25, -0.2) is 0 Å². The topological polar surface area (TPSA) is 33.5 Å². The number of hydrogen-bond acceptors (Lipinski definition) is 4. The Kier molecular flexibility index (Phi) is 5.16. The zero-order valence-electron chi connectivity index (χ0n) is 14.2. The van der Waals surface area contributed by atoms with E-state index < -0.39 is 0 Å². The molecule has 0 radical (unpaired) electrons. The lowest BCUT2D eigenvalue weighted by molar-refractivity contribution is -0.0504. The van der Waals surface area contributed by atoms with Gasteiger partial charge < -0.3 is 4.74 Å². The standard InChI is InChI=1S/C17H30N4O/c1-4-14(5-2)10-20-12-16-17(13-20)22-7-6-21(16)11-15-8-18-19(3)9-15/h8-9,14,16-17H,4-7,10-13H2,1-3H3/t16-,17+/m0/s1. The summed E-state index contributed by atoms with van der Waals surface area (Å²) < 4.78 is 7.94. The van der Waals surface area contributed by atoms with Crippen molar-refractivity contribution in [3.63, 3.8) is 0 Å². The summed E-state index contributed by atoms with van der Waals surface area (Å²) >= 11 is 0. The highest BCUT2D eigenvalue weighted by molar-refractivity contribution is 5.05. The molecule has 3 rings (SSSR count). The van der Waals surface area contributed by atoms with Crippen LogP contribution in [0, 0.1) is 5.92 Å². The van der Waals surface area contributed by atoms with Crippen LogP contribution in [0.1, 0.15) is 32.3 Å². The third-order valence-electron chi connectivity index (χ3n) is 5.31. The van der Waals surface area contributed by atoms with Crippen molar-refractivity contribution in [2.75, 3.05) is 32.8 Å². The van der Waals surface area contributed by atoms with Crippen LogP contribution < -0.4 is 0 Å². The third kappa shape index (κ3) is 3.53. The maximum atomic E-state index is 6.05. The number of rotatable bonds is 6. The molecule has 2 aliphatic heterocycles. The van der Waals surface area contributed by atoms with Crippen LogP contribution in [0.25, 0.3) is 0 Å². The molecule has 5 heteroatoms. The summed E-state index contributed by atoms with van der Waals surface area (Å²) in [4.78, 5) is 5.21. The van der Waals surface area contributed by atoms with E-state index in [1.165, 1.54) is 24.9 Å². The van der Waals surface area contributed by atoms with Crippen molar-refractivity contribution >= 4 is 0 Å². The fraction of sp³-hybridized carbons (Fsp3) is 0.824. The molecular formula is C17H30N4O. The SMILES string of the molecule is CCC(CC)CN1C[C@H]2OCCN(Cc3cnn(C)c3)[C@H]2C1. The average Bonchev–Trinajstić information content (AvgIpc) is 3.11. The van der Waals surface area contributed by atoms with Crippen molar-refractivity contribution in [3.05, 3.63) is 18.0 Å². The van der Waals surface area contributed by atoms with Crippen molar-refractivity contribution in [1.82, 2.24) is 19.6 Å². The van der Waals surface area contributed by atoms with E-state index >= 15 is 0 Å². The van der Waals surface area contributed by atoms with Gasteiger partial charge in [0.2, 0.25) is 0 Å². The minimum absolute atomic E-state index is 0.389. The predicted octanol–water partition coefficient (Wildman–Crippen LogP) is 1.74. The number of nitrogens with zero attached hydrogens (tertiary/aromatic N) is 4. The maximum Gasteiger partial charge on any atom is 0.0870 e. The molecule has 1 aromatic rings. The van der Waals surface area contributed by atoms with Gasteiger partial charge in [-0.1, -0.05) is 26.7 Å². The van der Waals surface area contributed by atoms with E-state index in [-0.39, 0.29) is 0 Å². The minimum atomic E-state index is 0.389. The lowest BCUT2D eigenvalue weighted by atomic mass is 10.0. The van der Waals surface area contributed by atoms with Crippen molar-refractivity contribution in [1.29, 1.82) is 0 Å². The summed E-state index contributed by atoms with van der Waals surface area (Å²) in [6.07, 6.45) is 7.06. The van der Waals surface area contributed by atoms with Crippen molar-refractivity contribution in [3.8, 4) is 0 Å². The summed E-state index contributed by atoms with van der Waals surface area (Å²) in [7, 11) is 1.98. The van der Waals surface area contributed by atoms with E-state index in [0.29, 0.717) is 12.1 Å². The highest BCUT2D eigenvalue weighted by atomic mass is 16.5. The smallest absolute Gasteiger partial charge is 0.0870 e. The first-order valence-corrected chi connectivity index (χ1v) is 8.75. The molecule has 0 aromatic carbocycles. The first-order chi connectivity index (χ1) is 10.7. The molecular weight excluding hydrogens is 276 g/mol. The molecule has 3 heterocycles. The second-order valence-corrected chi connectivity index (χ2v) is 6.87. The van der Waals surface area contributed by atoms with Crippen molar-refractivity contribution < 1.29 is 4.74 Å². The van der Waals surface area contributed by atoms with Gasteiger partial charge in [-0.2, -0.15) is 5.10 Å². The first-order valence-electron chi connectivity index (χ1n) is 8.75. The quantitative estimate of drug-likeness (QED) is 0.802. The number of aromatic nitrogens is 2. The molecule has 0 aliphatic carbocycles. The van der Waals surface area contributed by atoms with Crippen LogP contribution in [-0.2, 0) is 18.3 Å². The molecule has 0 N–H and O–H groups in total. The van der Waals surface area contributed by atoms with Gasteiger partial charge in [0.15, 0.2) is 0 Å². The number of ether oxygens (including phenoxy) is 1. The molecule has 2 aliphatic rings. The van der Waals surface area contributed by atoms with Crippen LogP contribution in [0.5, 0.6) is 0 Å². The number of morpholine rings is 1. The van der Waals surface area contributed by atoms with Gasteiger partial charge >= 0.3 is 0 Å². The van der Waals surface area contributed by atoms with E-state index in [1.807, 2.05) is 17.9 Å². The molecule has 0 amide bonds. The van der Waals surface area contributed by atoms with Crippen molar-refractivity contribution in [2.24, 2.45) is 13.0 Å². The average molecular weight is 306 g/mol. The second-order valence-electron chi connectivity index (χ2n) is 6.87. The van der Waals surface area contributed by atoms with Gasteiger partial charge in [0.05, 0.1) is 24.9 Å². The summed E-state index contributed by atoms with van der Waals surface area (Å²) in [5.74, 6) is 0.826. The third-order valence-corrected chi connectivity index (χ3v) is 5.31. The zero-order chi connectivity index (χ0) is 15.5. The fourth-order valence-corrected chi connectivity index (χ4v) is 3.88. The summed E-state index contributed by atoms with van der Waals surface area (Å²) in [5.41, 5.74) is 1.31. The molecule has 1 aromatic heterocycles. The molecule has 5 nitrogen and oxygen atoms in total. The Hall–Kier alpha value is -0.910. The zero-order valence-corrected chi connectivity index (χ0v) is 14.2. The maximum absolute atomic E-state index is 6.05. The van der Waals surface area contributed by atoms with Crippen LogP contribution in [0.3, 0.4) is 0 Å². The second kappa shape index (κ2) is 7.11. The van der Waals surface area contributed by atoms with Gasteiger partial charge in [0, 0.05) is 51.5 Å². The van der Waals surface area contributed by atoms with Crippen LogP contribution in [0.15, 0.2) is 12.4 Å². The lowest BCUT2D eigenvalue weighted by Gasteiger charge is -2.36. The highest BCUT2D eigenvalue weighted by Crippen LogP contribution is 2.25. The molecule has 0 bridgehead atoms. The molecule has 2 atom stereocenters. The van der Waals surface area contributed by atoms with E-state index in [4.69, 9.17) is 4.74 Å². The number of fused-ring (bicyclic) bond motifs is 1. The van der Waals surface area contributed by atoms with Gasteiger partial charge in [0.25, 0.3) is 0 Å². The molecule has 22 heavy (non-hydrogen) atoms. The van der Waals surface area contributed by atoms with Crippen LogP contribution in [0.4, 0.5) is 0 Å². The van der Waals surface area contributed by atoms with Gasteiger partial charge in [-0.3, -0.25) is 14.5 Å². The van der Waals surface area contributed by atoms with Crippen LogP contribution in [0.2, 0.25) is 0 Å². The monoisotopic (exact) mass is 306 g/mol. The normalized spacial score (nSPS) is 26.7.